The van der Waals surface area contributed by atoms with Gasteiger partial charge in [0.15, 0.2) is 0 Å². The average molecular weight is 729 g/mol. The summed E-state index contributed by atoms with van der Waals surface area (Å²) in [5, 5.41) is 17.0. The molecule has 2 amide bonds. The van der Waals surface area contributed by atoms with Gasteiger partial charge in [-0.05, 0) is 141 Å². The molecule has 8 nitrogen and oxygen atoms in total. The van der Waals surface area contributed by atoms with E-state index in [1.165, 1.54) is 11.8 Å². The van der Waals surface area contributed by atoms with Crippen molar-refractivity contribution in [2.45, 2.75) is 64.5 Å². The highest BCUT2D eigenvalue weighted by atomic mass is 32.2. The highest BCUT2D eigenvalue weighted by Crippen LogP contribution is 2.44. The van der Waals surface area contributed by atoms with E-state index in [0.717, 1.165) is 82.4 Å². The lowest BCUT2D eigenvalue weighted by molar-refractivity contribution is -0.117. The summed E-state index contributed by atoms with van der Waals surface area (Å²) >= 11 is 10.5. The molecule has 258 valence electrons. The van der Waals surface area contributed by atoms with Crippen molar-refractivity contribution in [1.82, 2.24) is 10.6 Å². The van der Waals surface area contributed by atoms with Crippen LogP contribution in [-0.2, 0) is 14.3 Å². The molecule has 0 unspecified atom stereocenters. The number of hydrogen-bond acceptors (Lipinski definition) is 10. The Labute approximate surface area is 301 Å². The predicted octanol–water partition coefficient (Wildman–Crippen LogP) is 7.22. The third-order valence-corrected chi connectivity index (χ3v) is 12.1. The minimum Gasteiger partial charge on any atom is -0.509 e. The number of benzene rings is 2. The fourth-order valence-electron chi connectivity index (χ4n) is 6.63. The van der Waals surface area contributed by atoms with Crippen molar-refractivity contribution in [2.75, 3.05) is 42.5 Å². The van der Waals surface area contributed by atoms with E-state index in [4.69, 9.17) is 26.4 Å². The largest absolute Gasteiger partial charge is 0.509 e. The highest BCUT2D eigenvalue weighted by Gasteiger charge is 2.49. The molecule has 0 aliphatic carbocycles. The van der Waals surface area contributed by atoms with Crippen molar-refractivity contribution in [3.8, 4) is 11.5 Å². The van der Waals surface area contributed by atoms with Gasteiger partial charge in [0.25, 0.3) is 11.8 Å². The number of rotatable bonds is 7. The molecule has 2 saturated heterocycles. The minimum absolute atomic E-state index is 0.0805. The maximum Gasteiger partial charge on any atom is 0.256 e. The van der Waals surface area contributed by atoms with Gasteiger partial charge in [-0.2, -0.15) is 23.5 Å². The molecule has 0 saturated carbocycles. The summed E-state index contributed by atoms with van der Waals surface area (Å²) in [4.78, 5) is 25.4. The van der Waals surface area contributed by atoms with Crippen LogP contribution in [0.25, 0.3) is 11.1 Å². The molecule has 4 heterocycles. The lowest BCUT2D eigenvalue weighted by Gasteiger charge is -2.34. The molecule has 0 radical (unpaired) electrons. The van der Waals surface area contributed by atoms with Crippen LogP contribution in [0, 0.1) is 13.8 Å². The van der Waals surface area contributed by atoms with E-state index in [2.05, 4.69) is 10.6 Å². The molecule has 48 heavy (non-hydrogen) atoms. The molecule has 2 aromatic rings. The molecule has 2 aromatic carbocycles. The zero-order valence-electron chi connectivity index (χ0n) is 28.2. The molecule has 4 aliphatic heterocycles. The lowest BCUT2D eigenvalue weighted by atomic mass is 9.89. The van der Waals surface area contributed by atoms with Crippen LogP contribution >= 0.6 is 47.5 Å². The highest BCUT2D eigenvalue weighted by molar-refractivity contribution is 8.22. The molecule has 6 rings (SSSR count). The summed E-state index contributed by atoms with van der Waals surface area (Å²) < 4.78 is 17.6. The number of ether oxygens (including phenoxy) is 3. The van der Waals surface area contributed by atoms with E-state index in [9.17, 15) is 14.7 Å². The number of nitrogens with one attached hydrogen (secondary N) is 2. The van der Waals surface area contributed by atoms with Crippen molar-refractivity contribution in [2.24, 2.45) is 0 Å². The summed E-state index contributed by atoms with van der Waals surface area (Å²) in [6.45, 7) is 9.04. The molecule has 2 spiro atoms. The van der Waals surface area contributed by atoms with Gasteiger partial charge < -0.3 is 30.0 Å². The van der Waals surface area contributed by atoms with E-state index in [1.807, 2.05) is 93.9 Å². The number of hydrogen-bond donors (Lipinski definition) is 3. The van der Waals surface area contributed by atoms with Crippen LogP contribution in [0.2, 0.25) is 0 Å². The van der Waals surface area contributed by atoms with Crippen LogP contribution in [-0.4, -0.2) is 74.9 Å². The van der Waals surface area contributed by atoms with Crippen LogP contribution in [0.3, 0.4) is 0 Å². The maximum atomic E-state index is 13.0. The number of aryl methyl sites for hydroxylation is 2. The van der Waals surface area contributed by atoms with Gasteiger partial charge in [0.1, 0.15) is 28.6 Å². The summed E-state index contributed by atoms with van der Waals surface area (Å²) in [5.74, 6) is 6.15. The minimum atomic E-state index is -0.553. The second-order valence-electron chi connectivity index (χ2n) is 12.1. The van der Waals surface area contributed by atoms with E-state index < -0.39 is 11.1 Å². The summed E-state index contributed by atoms with van der Waals surface area (Å²) in [6.07, 6.45) is 5.17. The third kappa shape index (κ3) is 7.51. The zero-order valence-corrected chi connectivity index (χ0v) is 31.4. The fourth-order valence-corrected chi connectivity index (χ4v) is 9.26. The molecular weight excluding hydrogens is 685 g/mol. The Morgan fingerprint density at radius 3 is 1.75 bits per heavy atom. The Bertz CT molecular complexity index is 1630. The van der Waals surface area contributed by atoms with Gasteiger partial charge in [0.05, 0.1) is 29.9 Å². The SMILES string of the molecule is CCOc1ccc(C2=C(O)C3(CCSCC3)NC2=O)c(C)c1.CCOc1ccc(C2=C(OC(=S)SC)C3(CCSCC3)NC2=O)c(C)c1. The van der Waals surface area contributed by atoms with E-state index in [1.54, 1.807) is 0 Å². The monoisotopic (exact) mass is 728 g/mol. The van der Waals surface area contributed by atoms with Crippen molar-refractivity contribution < 1.29 is 28.9 Å². The molecule has 0 aromatic heterocycles. The summed E-state index contributed by atoms with van der Waals surface area (Å²) in [6, 6.07) is 11.4. The first-order chi connectivity index (χ1) is 23.1. The molecule has 3 N–H and O–H groups in total. The van der Waals surface area contributed by atoms with Crippen LogP contribution in [0.5, 0.6) is 11.5 Å². The van der Waals surface area contributed by atoms with Gasteiger partial charge in [-0.25, -0.2) is 0 Å². The van der Waals surface area contributed by atoms with Crippen molar-refractivity contribution in [3.05, 3.63) is 70.2 Å². The second-order valence-corrected chi connectivity index (χ2v) is 16.0. The number of thioether (sulfide) groups is 3. The molecule has 4 aliphatic rings. The maximum absolute atomic E-state index is 13.0. The fraction of sp³-hybridized carbons (Fsp3) is 0.472. The quantitative estimate of drug-likeness (QED) is 0.253. The standard InChI is InChI=1S/C19H23NO3S3.C17H21NO3S/c1-4-22-13-5-6-14(12(2)11-13)15-16(23-18(24)25-3)19(20-17(15)21)7-9-26-10-8-19;1-3-21-12-4-5-13(11(2)10-12)14-15(19)17(18-16(14)20)6-8-22-9-7-17/h5-6,11H,4,7-10H2,1-3H3,(H,20,21);4-5,10,19H,3,6-9H2,1-2H3,(H,18,20). The van der Waals surface area contributed by atoms with Crippen LogP contribution in [0.15, 0.2) is 47.9 Å². The molecule has 2 fully saturated rings. The number of aliphatic hydroxyl groups excluding tert-OH is 1. The number of carbonyl (C=O) groups excluding carboxylic acids is 2. The van der Waals surface area contributed by atoms with Gasteiger partial charge in [0, 0.05) is 0 Å². The van der Waals surface area contributed by atoms with E-state index in [0.29, 0.717) is 34.5 Å². The molecule has 12 heteroatoms. The van der Waals surface area contributed by atoms with Crippen LogP contribution in [0.4, 0.5) is 0 Å². The van der Waals surface area contributed by atoms with Gasteiger partial charge >= 0.3 is 0 Å². The summed E-state index contributed by atoms with van der Waals surface area (Å²) in [7, 11) is 0. The van der Waals surface area contributed by atoms with Crippen molar-refractivity contribution in [1.29, 1.82) is 0 Å². The Balaban J connectivity index is 0.000000190. The first-order valence-electron chi connectivity index (χ1n) is 16.3. The topological polar surface area (TPSA) is 106 Å². The Hall–Kier alpha value is -2.80. The van der Waals surface area contributed by atoms with E-state index in [-0.39, 0.29) is 17.6 Å². The van der Waals surface area contributed by atoms with Crippen LogP contribution < -0.4 is 20.1 Å². The van der Waals surface area contributed by atoms with E-state index >= 15 is 0 Å². The second kappa shape index (κ2) is 15.8. The number of amides is 2. The Morgan fingerprint density at radius 1 is 0.812 bits per heavy atom. The van der Waals surface area contributed by atoms with Gasteiger partial charge in [-0.15, -0.1) is 0 Å². The first-order valence-corrected chi connectivity index (χ1v) is 20.2. The zero-order chi connectivity index (χ0) is 34.5. The predicted molar refractivity (Wildman–Crippen MR) is 203 cm³/mol. The number of aliphatic hydroxyl groups is 1. The third-order valence-electron chi connectivity index (χ3n) is 9.11. The number of carbonyl (C=O) groups is 2. The van der Waals surface area contributed by atoms with Crippen molar-refractivity contribution >= 4 is 74.8 Å². The molecule has 0 bridgehead atoms. The van der Waals surface area contributed by atoms with Gasteiger partial charge in [0.2, 0.25) is 4.38 Å². The molecular formula is C36H44N2O6S4. The van der Waals surface area contributed by atoms with Gasteiger partial charge in [-0.1, -0.05) is 23.9 Å². The van der Waals surface area contributed by atoms with Crippen molar-refractivity contribution in [3.63, 3.8) is 0 Å². The van der Waals surface area contributed by atoms with Gasteiger partial charge in [-0.3, -0.25) is 9.59 Å². The average Bonchev–Trinajstić information content (AvgIpc) is 3.45. The normalized spacial score (nSPS) is 19.5. The first kappa shape index (κ1) is 36.5. The lowest BCUT2D eigenvalue weighted by Crippen LogP contribution is -2.48. The Kier molecular flexibility index (Phi) is 12.0. The summed E-state index contributed by atoms with van der Waals surface area (Å²) in [5.41, 5.74) is 3.62. The Morgan fingerprint density at radius 2 is 1.27 bits per heavy atom. The smallest absolute Gasteiger partial charge is 0.256 e. The number of thiocarbonyl (C=S) groups is 1. The van der Waals surface area contributed by atoms with Crippen LogP contribution in [0.1, 0.15) is 61.8 Å². The molecule has 0 atom stereocenters.